The minimum Gasteiger partial charge on any atom is -0.362 e. The Kier molecular flexibility index (Phi) is 9.08. The topological polar surface area (TPSA) is 144 Å². The largest absolute Gasteiger partial charge is 0.362 e. The average molecular weight is 585 g/mol. The molecule has 0 spiro atoms. The molecular weight excluding hydrogens is 544 g/mol. The fourth-order valence-corrected chi connectivity index (χ4v) is 5.73. The standard InChI is InChI=1S/C32H40N8O3/c1-19(34-20(2)41)30(42)37-28(17-21-18-33-26-11-7-5-9-24(21)26)31(43)35-22-13-15-23(16-14-22)36-32-38-27-12-8-6-10-25(27)29(39-32)40(3)4/h5-12,18-19,22-23,28,33H,13-17H2,1-4H3,(H,34,41)(H,35,43)(H,37,42)(H,36,38,39)/t19-,22?,23?,28-/m0/s1. The summed E-state index contributed by atoms with van der Waals surface area (Å²) in [6.07, 6.45) is 5.46. The van der Waals surface area contributed by atoms with E-state index in [2.05, 4.69) is 26.3 Å². The Morgan fingerprint density at radius 3 is 2.30 bits per heavy atom. The average Bonchev–Trinajstić information content (AvgIpc) is 3.39. The van der Waals surface area contributed by atoms with Crippen molar-refractivity contribution in [1.82, 2.24) is 30.9 Å². The molecule has 11 heteroatoms. The molecule has 2 heterocycles. The van der Waals surface area contributed by atoms with Crippen molar-refractivity contribution in [2.24, 2.45) is 0 Å². The lowest BCUT2D eigenvalue weighted by atomic mass is 9.91. The molecule has 4 aromatic rings. The molecular formula is C32H40N8O3. The van der Waals surface area contributed by atoms with Gasteiger partial charge in [0.2, 0.25) is 23.7 Å². The number of fused-ring (bicyclic) bond motifs is 2. The van der Waals surface area contributed by atoms with E-state index in [1.54, 1.807) is 6.92 Å². The van der Waals surface area contributed by atoms with Crippen LogP contribution in [-0.4, -0.2) is 70.9 Å². The maximum atomic E-state index is 13.6. The Hall–Kier alpha value is -4.67. The van der Waals surface area contributed by atoms with E-state index < -0.39 is 18.0 Å². The van der Waals surface area contributed by atoms with Gasteiger partial charge in [0.05, 0.1) is 5.52 Å². The van der Waals surface area contributed by atoms with E-state index in [4.69, 9.17) is 9.97 Å². The van der Waals surface area contributed by atoms with Gasteiger partial charge < -0.3 is 31.2 Å². The van der Waals surface area contributed by atoms with E-state index in [9.17, 15) is 14.4 Å². The zero-order chi connectivity index (χ0) is 30.5. The molecule has 2 atom stereocenters. The monoisotopic (exact) mass is 584 g/mol. The molecule has 3 amide bonds. The molecule has 2 aromatic carbocycles. The number of H-pyrrole nitrogens is 1. The lowest BCUT2D eigenvalue weighted by molar-refractivity contribution is -0.131. The van der Waals surface area contributed by atoms with Crippen LogP contribution in [0.1, 0.15) is 45.1 Å². The second-order valence-electron chi connectivity index (χ2n) is 11.5. The van der Waals surface area contributed by atoms with Crippen LogP contribution in [-0.2, 0) is 20.8 Å². The van der Waals surface area contributed by atoms with Gasteiger partial charge in [-0.3, -0.25) is 14.4 Å². The Morgan fingerprint density at radius 1 is 0.907 bits per heavy atom. The van der Waals surface area contributed by atoms with Crippen molar-refractivity contribution in [2.75, 3.05) is 24.3 Å². The number of carbonyl (C=O) groups is 3. The van der Waals surface area contributed by atoms with E-state index >= 15 is 0 Å². The van der Waals surface area contributed by atoms with Crippen LogP contribution in [0, 0.1) is 0 Å². The second-order valence-corrected chi connectivity index (χ2v) is 11.5. The Balaban J connectivity index is 1.23. The van der Waals surface area contributed by atoms with Gasteiger partial charge in [-0.25, -0.2) is 4.98 Å². The lowest BCUT2D eigenvalue weighted by Crippen LogP contribution is -2.55. The van der Waals surface area contributed by atoms with Gasteiger partial charge in [0, 0.05) is 62.0 Å². The molecule has 226 valence electrons. The first-order valence-electron chi connectivity index (χ1n) is 14.8. The number of aromatic nitrogens is 3. The van der Waals surface area contributed by atoms with E-state index in [-0.39, 0.29) is 23.9 Å². The predicted octanol–water partition coefficient (Wildman–Crippen LogP) is 3.27. The van der Waals surface area contributed by atoms with Crippen molar-refractivity contribution >= 4 is 51.3 Å². The molecule has 0 unspecified atom stereocenters. The molecule has 5 rings (SSSR count). The highest BCUT2D eigenvalue weighted by molar-refractivity contribution is 5.93. The van der Waals surface area contributed by atoms with Crippen LogP contribution >= 0.6 is 0 Å². The number of nitrogens with one attached hydrogen (secondary N) is 5. The van der Waals surface area contributed by atoms with Gasteiger partial charge in [-0.2, -0.15) is 4.98 Å². The van der Waals surface area contributed by atoms with Crippen LogP contribution < -0.4 is 26.2 Å². The minimum absolute atomic E-state index is 0.0180. The molecule has 1 fully saturated rings. The molecule has 0 bridgehead atoms. The first kappa shape index (κ1) is 29.8. The van der Waals surface area contributed by atoms with Crippen LogP contribution in [0.3, 0.4) is 0 Å². The fraction of sp³-hybridized carbons (Fsp3) is 0.406. The first-order valence-corrected chi connectivity index (χ1v) is 14.8. The number of benzene rings is 2. The zero-order valence-corrected chi connectivity index (χ0v) is 25.1. The maximum Gasteiger partial charge on any atom is 0.243 e. The highest BCUT2D eigenvalue weighted by Gasteiger charge is 2.29. The number of anilines is 2. The van der Waals surface area contributed by atoms with Crippen molar-refractivity contribution in [3.8, 4) is 0 Å². The number of carbonyl (C=O) groups excluding carboxylic acids is 3. The third-order valence-electron chi connectivity index (χ3n) is 7.96. The summed E-state index contributed by atoms with van der Waals surface area (Å²) in [4.78, 5) is 52.7. The Labute approximate surface area is 251 Å². The Morgan fingerprint density at radius 2 is 1.58 bits per heavy atom. The van der Waals surface area contributed by atoms with Crippen LogP contribution in [0.2, 0.25) is 0 Å². The van der Waals surface area contributed by atoms with E-state index in [0.717, 1.165) is 58.9 Å². The van der Waals surface area contributed by atoms with Crippen molar-refractivity contribution in [3.63, 3.8) is 0 Å². The summed E-state index contributed by atoms with van der Waals surface area (Å²) in [5, 5.41) is 14.2. The van der Waals surface area contributed by atoms with Gasteiger partial charge in [0.15, 0.2) is 0 Å². The second kappa shape index (κ2) is 13.1. The predicted molar refractivity (Wildman–Crippen MR) is 169 cm³/mol. The highest BCUT2D eigenvalue weighted by Crippen LogP contribution is 2.27. The third kappa shape index (κ3) is 7.22. The van der Waals surface area contributed by atoms with Crippen LogP contribution in [0.5, 0.6) is 0 Å². The quantitative estimate of drug-likeness (QED) is 0.192. The number of para-hydroxylation sites is 2. The number of aromatic amines is 1. The molecule has 5 N–H and O–H groups in total. The molecule has 0 saturated heterocycles. The lowest BCUT2D eigenvalue weighted by Gasteiger charge is -2.31. The van der Waals surface area contributed by atoms with Crippen molar-refractivity contribution in [2.45, 2.75) is 70.1 Å². The van der Waals surface area contributed by atoms with Gasteiger partial charge in [-0.15, -0.1) is 0 Å². The van der Waals surface area contributed by atoms with E-state index in [1.165, 1.54) is 6.92 Å². The number of amides is 3. The first-order chi connectivity index (χ1) is 20.7. The van der Waals surface area contributed by atoms with Gasteiger partial charge in [-0.1, -0.05) is 30.3 Å². The minimum atomic E-state index is -0.797. The maximum absolute atomic E-state index is 13.6. The van der Waals surface area contributed by atoms with E-state index in [1.807, 2.05) is 73.7 Å². The number of hydrogen-bond donors (Lipinski definition) is 5. The molecule has 0 radical (unpaired) electrons. The van der Waals surface area contributed by atoms with Crippen molar-refractivity contribution in [1.29, 1.82) is 0 Å². The highest BCUT2D eigenvalue weighted by atomic mass is 16.2. The van der Waals surface area contributed by atoms with Gasteiger partial charge in [-0.05, 0) is 56.4 Å². The SMILES string of the molecule is CC(=O)N[C@@H](C)C(=O)N[C@@H](Cc1c[nH]c2ccccc12)C(=O)NC1CCC(Nc2nc(N(C)C)c3ccccc3n2)CC1. The van der Waals surface area contributed by atoms with Crippen molar-refractivity contribution in [3.05, 3.63) is 60.3 Å². The number of hydrogen-bond acceptors (Lipinski definition) is 7. The van der Waals surface area contributed by atoms with Crippen LogP contribution in [0.15, 0.2) is 54.7 Å². The summed E-state index contributed by atoms with van der Waals surface area (Å²) in [7, 11) is 3.95. The molecule has 0 aliphatic heterocycles. The molecule has 1 saturated carbocycles. The number of rotatable bonds is 10. The summed E-state index contributed by atoms with van der Waals surface area (Å²) in [6, 6.07) is 14.4. The fourth-order valence-electron chi connectivity index (χ4n) is 5.73. The normalized spacial score (nSPS) is 18.0. The zero-order valence-electron chi connectivity index (χ0n) is 25.1. The molecule has 2 aromatic heterocycles. The summed E-state index contributed by atoms with van der Waals surface area (Å²) in [5.41, 5.74) is 2.79. The Bertz CT molecular complexity index is 1610. The van der Waals surface area contributed by atoms with Gasteiger partial charge in [0.25, 0.3) is 0 Å². The summed E-state index contributed by atoms with van der Waals surface area (Å²) >= 11 is 0. The summed E-state index contributed by atoms with van der Waals surface area (Å²) in [6.45, 7) is 2.96. The van der Waals surface area contributed by atoms with Crippen molar-refractivity contribution < 1.29 is 14.4 Å². The molecule has 1 aliphatic carbocycles. The van der Waals surface area contributed by atoms with Gasteiger partial charge >= 0.3 is 0 Å². The smallest absolute Gasteiger partial charge is 0.243 e. The molecule has 43 heavy (non-hydrogen) atoms. The van der Waals surface area contributed by atoms with Gasteiger partial charge in [0.1, 0.15) is 17.9 Å². The summed E-state index contributed by atoms with van der Waals surface area (Å²) < 4.78 is 0. The summed E-state index contributed by atoms with van der Waals surface area (Å²) in [5.74, 6) is 0.515. The van der Waals surface area contributed by atoms with E-state index in [0.29, 0.717) is 12.4 Å². The van der Waals surface area contributed by atoms with Crippen LogP contribution in [0.25, 0.3) is 21.8 Å². The third-order valence-corrected chi connectivity index (χ3v) is 7.96. The number of nitrogens with zero attached hydrogens (tertiary/aromatic N) is 3. The molecule has 1 aliphatic rings. The van der Waals surface area contributed by atoms with Crippen LogP contribution in [0.4, 0.5) is 11.8 Å². The molecule has 11 nitrogen and oxygen atoms in total.